The molecule has 1 aromatic heterocycles. The van der Waals surface area contributed by atoms with E-state index in [0.717, 1.165) is 19.4 Å². The molecule has 0 unspecified atom stereocenters. The monoisotopic (exact) mass is 353 g/mol. The molecule has 132 valence electrons. The minimum atomic E-state index is -0.395. The molecular formula is C15H23N5O3S. The summed E-state index contributed by atoms with van der Waals surface area (Å²) in [5.41, 5.74) is 0. The molecule has 2 heterocycles. The minimum Gasteiger partial charge on any atom is -0.377 e. The highest BCUT2D eigenvalue weighted by Gasteiger charge is 2.36. The molecule has 9 heteroatoms. The summed E-state index contributed by atoms with van der Waals surface area (Å²) in [5.74, 6) is -0.263. The van der Waals surface area contributed by atoms with E-state index in [0.29, 0.717) is 29.3 Å². The summed E-state index contributed by atoms with van der Waals surface area (Å²) < 4.78 is 4.99. The number of nitrogens with zero attached hydrogens (tertiary/aromatic N) is 3. The molecule has 0 radical (unpaired) electrons. The Hall–Kier alpha value is -1.58. The second-order valence-electron chi connectivity index (χ2n) is 6.17. The summed E-state index contributed by atoms with van der Waals surface area (Å²) in [6, 6.07) is 0.0249. The maximum Gasteiger partial charge on any atom is 0.237 e. The first-order valence-electron chi connectivity index (χ1n) is 8.32. The molecule has 3 rings (SSSR count). The smallest absolute Gasteiger partial charge is 0.237 e. The van der Waals surface area contributed by atoms with E-state index in [9.17, 15) is 9.59 Å². The Balaban J connectivity index is 1.60. The fourth-order valence-electron chi connectivity index (χ4n) is 3.45. The van der Waals surface area contributed by atoms with E-state index in [4.69, 9.17) is 4.74 Å². The van der Waals surface area contributed by atoms with Crippen molar-refractivity contribution >= 4 is 28.3 Å². The SMILES string of the molecule is COCc1nnc(NC(=O)C[C@@H]2C(=O)NCCN2C2CCCC2)s1. The topological polar surface area (TPSA) is 96.5 Å². The van der Waals surface area contributed by atoms with Gasteiger partial charge in [-0.25, -0.2) is 0 Å². The van der Waals surface area contributed by atoms with Crippen molar-refractivity contribution in [3.05, 3.63) is 5.01 Å². The maximum atomic E-state index is 12.3. The molecule has 2 amide bonds. The Morgan fingerprint density at radius 3 is 2.96 bits per heavy atom. The Bertz CT molecular complexity index is 587. The number of methoxy groups -OCH3 is 1. The molecule has 1 atom stereocenters. The Kier molecular flexibility index (Phi) is 5.75. The Labute approximate surface area is 145 Å². The van der Waals surface area contributed by atoms with Crippen molar-refractivity contribution < 1.29 is 14.3 Å². The molecule has 1 aliphatic carbocycles. The summed E-state index contributed by atoms with van der Waals surface area (Å²) >= 11 is 1.28. The first-order chi connectivity index (χ1) is 11.7. The average molecular weight is 353 g/mol. The third-order valence-corrected chi connectivity index (χ3v) is 5.34. The first-order valence-corrected chi connectivity index (χ1v) is 9.13. The van der Waals surface area contributed by atoms with Gasteiger partial charge >= 0.3 is 0 Å². The predicted octanol–water partition coefficient (Wildman–Crippen LogP) is 0.756. The predicted molar refractivity (Wildman–Crippen MR) is 89.6 cm³/mol. The van der Waals surface area contributed by atoms with Gasteiger partial charge in [-0.05, 0) is 12.8 Å². The number of nitrogens with one attached hydrogen (secondary N) is 2. The van der Waals surface area contributed by atoms with Gasteiger partial charge in [-0.15, -0.1) is 10.2 Å². The van der Waals surface area contributed by atoms with Crippen molar-refractivity contribution in [3.8, 4) is 0 Å². The lowest BCUT2D eigenvalue weighted by atomic mass is 10.0. The zero-order chi connectivity index (χ0) is 16.9. The number of carbonyl (C=O) groups excluding carboxylic acids is 2. The van der Waals surface area contributed by atoms with Crippen molar-refractivity contribution in [1.82, 2.24) is 20.4 Å². The van der Waals surface area contributed by atoms with E-state index < -0.39 is 6.04 Å². The molecule has 2 fully saturated rings. The van der Waals surface area contributed by atoms with Crippen LogP contribution >= 0.6 is 11.3 Å². The number of carbonyl (C=O) groups is 2. The normalized spacial score (nSPS) is 22.5. The van der Waals surface area contributed by atoms with Crippen LogP contribution in [-0.4, -0.2) is 59.2 Å². The molecule has 0 spiro atoms. The van der Waals surface area contributed by atoms with Crippen molar-refractivity contribution in [1.29, 1.82) is 0 Å². The van der Waals surface area contributed by atoms with Crippen LogP contribution < -0.4 is 10.6 Å². The molecule has 0 aromatic carbocycles. The van der Waals surface area contributed by atoms with Gasteiger partial charge in [0.15, 0.2) is 0 Å². The summed E-state index contributed by atoms with van der Waals surface area (Å²) in [6.45, 7) is 1.84. The van der Waals surface area contributed by atoms with E-state index in [-0.39, 0.29) is 18.2 Å². The minimum absolute atomic E-state index is 0.0550. The van der Waals surface area contributed by atoms with Crippen molar-refractivity contribution in [2.45, 2.75) is 50.8 Å². The van der Waals surface area contributed by atoms with Gasteiger partial charge in [0.2, 0.25) is 16.9 Å². The molecular weight excluding hydrogens is 330 g/mol. The van der Waals surface area contributed by atoms with Crippen LogP contribution in [0.15, 0.2) is 0 Å². The number of hydrogen-bond donors (Lipinski definition) is 2. The lowest BCUT2D eigenvalue weighted by Crippen LogP contribution is -2.58. The summed E-state index contributed by atoms with van der Waals surface area (Å²) in [4.78, 5) is 26.8. The zero-order valence-electron chi connectivity index (χ0n) is 13.8. The van der Waals surface area contributed by atoms with Crippen LogP contribution in [0.3, 0.4) is 0 Å². The molecule has 1 saturated carbocycles. The molecule has 0 bridgehead atoms. The zero-order valence-corrected chi connectivity index (χ0v) is 14.6. The van der Waals surface area contributed by atoms with Crippen LogP contribution in [0.5, 0.6) is 0 Å². The largest absolute Gasteiger partial charge is 0.377 e. The second kappa shape index (κ2) is 8.00. The van der Waals surface area contributed by atoms with Crippen LogP contribution in [0.1, 0.15) is 37.1 Å². The van der Waals surface area contributed by atoms with Gasteiger partial charge in [-0.3, -0.25) is 14.5 Å². The van der Waals surface area contributed by atoms with Crippen LogP contribution in [0.25, 0.3) is 0 Å². The molecule has 24 heavy (non-hydrogen) atoms. The van der Waals surface area contributed by atoms with E-state index in [1.165, 1.54) is 24.2 Å². The number of anilines is 1. The van der Waals surface area contributed by atoms with Crippen LogP contribution in [0.2, 0.25) is 0 Å². The third kappa shape index (κ3) is 4.08. The third-order valence-electron chi connectivity index (χ3n) is 4.53. The van der Waals surface area contributed by atoms with E-state index >= 15 is 0 Å². The van der Waals surface area contributed by atoms with Gasteiger partial charge in [0, 0.05) is 26.2 Å². The number of aromatic nitrogens is 2. The van der Waals surface area contributed by atoms with E-state index in [1.807, 2.05) is 0 Å². The number of amides is 2. The summed E-state index contributed by atoms with van der Waals surface area (Å²) in [5, 5.41) is 14.6. The average Bonchev–Trinajstić information content (AvgIpc) is 3.22. The van der Waals surface area contributed by atoms with E-state index in [1.54, 1.807) is 7.11 Å². The van der Waals surface area contributed by atoms with Crippen molar-refractivity contribution in [3.63, 3.8) is 0 Å². The first kappa shape index (κ1) is 17.2. The number of piperazine rings is 1. The highest BCUT2D eigenvalue weighted by atomic mass is 32.1. The lowest BCUT2D eigenvalue weighted by molar-refractivity contribution is -0.133. The second-order valence-corrected chi connectivity index (χ2v) is 7.23. The molecule has 8 nitrogen and oxygen atoms in total. The number of hydrogen-bond acceptors (Lipinski definition) is 7. The van der Waals surface area contributed by atoms with Gasteiger partial charge in [-0.1, -0.05) is 24.2 Å². The molecule has 2 N–H and O–H groups in total. The number of rotatable bonds is 6. The highest BCUT2D eigenvalue weighted by molar-refractivity contribution is 7.15. The Morgan fingerprint density at radius 1 is 1.42 bits per heavy atom. The molecule has 1 aliphatic heterocycles. The van der Waals surface area contributed by atoms with E-state index in [2.05, 4.69) is 25.7 Å². The summed E-state index contributed by atoms with van der Waals surface area (Å²) in [6.07, 6.45) is 4.77. The van der Waals surface area contributed by atoms with Gasteiger partial charge in [0.05, 0.1) is 12.5 Å². The lowest BCUT2D eigenvalue weighted by Gasteiger charge is -2.38. The quantitative estimate of drug-likeness (QED) is 0.784. The van der Waals surface area contributed by atoms with Crippen LogP contribution in [0, 0.1) is 0 Å². The molecule has 1 aromatic rings. The van der Waals surface area contributed by atoms with Gasteiger partial charge in [0.1, 0.15) is 11.6 Å². The van der Waals surface area contributed by atoms with Crippen molar-refractivity contribution in [2.75, 3.05) is 25.5 Å². The molecule has 1 saturated heterocycles. The summed E-state index contributed by atoms with van der Waals surface area (Å²) in [7, 11) is 1.58. The van der Waals surface area contributed by atoms with Crippen LogP contribution in [0.4, 0.5) is 5.13 Å². The fourth-order valence-corrected chi connectivity index (χ4v) is 4.18. The van der Waals surface area contributed by atoms with Gasteiger partial charge in [-0.2, -0.15) is 0 Å². The van der Waals surface area contributed by atoms with Crippen LogP contribution in [-0.2, 0) is 20.9 Å². The standard InChI is InChI=1S/C15H23N5O3S/c1-23-9-13-18-19-15(24-13)17-12(21)8-11-14(22)16-6-7-20(11)10-4-2-3-5-10/h10-11H,2-9H2,1H3,(H,16,22)(H,17,19,21)/t11-/m1/s1. The molecule has 2 aliphatic rings. The fraction of sp³-hybridized carbons (Fsp3) is 0.733. The van der Waals surface area contributed by atoms with Crippen molar-refractivity contribution in [2.24, 2.45) is 0 Å². The Morgan fingerprint density at radius 2 is 2.21 bits per heavy atom. The maximum absolute atomic E-state index is 12.3. The van der Waals surface area contributed by atoms with Gasteiger partial charge < -0.3 is 15.4 Å². The van der Waals surface area contributed by atoms with Gasteiger partial charge in [0.25, 0.3) is 0 Å². The number of ether oxygens (including phenoxy) is 1. The highest BCUT2D eigenvalue weighted by Crippen LogP contribution is 2.27.